The van der Waals surface area contributed by atoms with E-state index < -0.39 is 10.0 Å². The Morgan fingerprint density at radius 3 is 2.54 bits per heavy atom. The van der Waals surface area contributed by atoms with Crippen LogP contribution in [-0.4, -0.2) is 84.0 Å². The molecule has 0 N–H and O–H groups in total. The van der Waals surface area contributed by atoms with Crippen molar-refractivity contribution in [1.82, 2.24) is 23.9 Å². The Morgan fingerprint density at radius 2 is 1.93 bits per heavy atom. The van der Waals surface area contributed by atoms with Crippen LogP contribution in [0.5, 0.6) is 0 Å². The molecule has 1 atom stereocenters. The summed E-state index contributed by atoms with van der Waals surface area (Å²) in [6.07, 6.45) is 6.41. The van der Waals surface area contributed by atoms with E-state index in [0.717, 1.165) is 32.4 Å². The maximum atomic E-state index is 13.2. The Morgan fingerprint density at radius 1 is 1.21 bits per heavy atom. The zero-order valence-corrected chi connectivity index (χ0v) is 18.1. The lowest BCUT2D eigenvalue weighted by Gasteiger charge is -2.40. The monoisotopic (exact) mass is 411 g/mol. The van der Waals surface area contributed by atoms with Crippen molar-refractivity contribution >= 4 is 15.9 Å². The van der Waals surface area contributed by atoms with Crippen LogP contribution in [0, 0.1) is 5.92 Å². The normalized spacial score (nSPS) is 23.0. The highest BCUT2D eigenvalue weighted by atomic mass is 32.2. The number of piperidine rings is 2. The SMILES string of the molecule is CCN(C(=O)[C@@H]1CCCN(S(=O)(=O)c2cnn(CC)c2)C1)C1CCN(C)CC1. The van der Waals surface area contributed by atoms with Crippen LogP contribution in [0.15, 0.2) is 17.3 Å². The van der Waals surface area contributed by atoms with E-state index in [-0.39, 0.29) is 29.3 Å². The van der Waals surface area contributed by atoms with Crippen molar-refractivity contribution in [2.45, 2.75) is 57.0 Å². The summed E-state index contributed by atoms with van der Waals surface area (Å²) < 4.78 is 29.1. The number of nitrogens with zero attached hydrogens (tertiary/aromatic N) is 5. The van der Waals surface area contributed by atoms with Crippen LogP contribution < -0.4 is 0 Å². The largest absolute Gasteiger partial charge is 0.340 e. The van der Waals surface area contributed by atoms with E-state index in [0.29, 0.717) is 26.1 Å². The number of rotatable bonds is 6. The lowest BCUT2D eigenvalue weighted by Crippen LogP contribution is -2.51. The summed E-state index contributed by atoms with van der Waals surface area (Å²) in [6, 6.07) is 0.267. The van der Waals surface area contributed by atoms with E-state index in [1.165, 1.54) is 10.5 Å². The predicted octanol–water partition coefficient (Wildman–Crippen LogP) is 1.25. The van der Waals surface area contributed by atoms with Crippen LogP contribution in [0.4, 0.5) is 0 Å². The van der Waals surface area contributed by atoms with Gasteiger partial charge >= 0.3 is 0 Å². The first kappa shape index (κ1) is 21.3. The maximum Gasteiger partial charge on any atom is 0.246 e. The molecular weight excluding hydrogens is 378 g/mol. The van der Waals surface area contributed by atoms with E-state index in [1.54, 1.807) is 10.9 Å². The topological polar surface area (TPSA) is 78.8 Å². The molecule has 8 nitrogen and oxygen atoms in total. The van der Waals surface area contributed by atoms with E-state index >= 15 is 0 Å². The molecule has 3 heterocycles. The van der Waals surface area contributed by atoms with Crippen molar-refractivity contribution in [2.75, 3.05) is 39.8 Å². The molecule has 158 valence electrons. The molecule has 2 fully saturated rings. The van der Waals surface area contributed by atoms with Crippen molar-refractivity contribution in [1.29, 1.82) is 0 Å². The first-order valence-corrected chi connectivity index (χ1v) is 11.8. The Labute approximate surface area is 168 Å². The maximum absolute atomic E-state index is 13.2. The Balaban J connectivity index is 1.70. The molecule has 0 aromatic carbocycles. The van der Waals surface area contributed by atoms with Gasteiger partial charge in [-0.3, -0.25) is 9.48 Å². The predicted molar refractivity (Wildman–Crippen MR) is 107 cm³/mol. The van der Waals surface area contributed by atoms with Gasteiger partial charge < -0.3 is 9.80 Å². The second-order valence-corrected chi connectivity index (χ2v) is 9.83. The number of aromatic nitrogens is 2. The van der Waals surface area contributed by atoms with Crippen LogP contribution in [0.3, 0.4) is 0 Å². The van der Waals surface area contributed by atoms with Crippen LogP contribution >= 0.6 is 0 Å². The molecule has 2 aliphatic heterocycles. The average molecular weight is 412 g/mol. The second kappa shape index (κ2) is 8.92. The number of likely N-dealkylation sites (tertiary alicyclic amines) is 1. The highest BCUT2D eigenvalue weighted by Crippen LogP contribution is 2.26. The molecule has 28 heavy (non-hydrogen) atoms. The fourth-order valence-electron chi connectivity index (χ4n) is 4.30. The molecule has 2 saturated heterocycles. The van der Waals surface area contributed by atoms with E-state index in [2.05, 4.69) is 17.0 Å². The van der Waals surface area contributed by atoms with Crippen LogP contribution in [0.1, 0.15) is 39.5 Å². The van der Waals surface area contributed by atoms with E-state index in [1.807, 2.05) is 18.7 Å². The molecular formula is C19H33N5O3S. The van der Waals surface area contributed by atoms with Crippen LogP contribution in [-0.2, 0) is 21.4 Å². The number of amides is 1. The van der Waals surface area contributed by atoms with Crippen molar-refractivity contribution in [3.63, 3.8) is 0 Å². The highest BCUT2D eigenvalue weighted by molar-refractivity contribution is 7.89. The summed E-state index contributed by atoms with van der Waals surface area (Å²) in [5.74, 6) is -0.148. The van der Waals surface area contributed by atoms with E-state index in [4.69, 9.17) is 0 Å². The molecule has 0 spiro atoms. The summed E-state index contributed by atoms with van der Waals surface area (Å²) in [5, 5.41) is 4.09. The van der Waals surface area contributed by atoms with Gasteiger partial charge in [-0.15, -0.1) is 0 Å². The lowest BCUT2D eigenvalue weighted by atomic mass is 9.95. The molecule has 9 heteroatoms. The molecule has 3 rings (SSSR count). The molecule has 0 saturated carbocycles. The number of hydrogen-bond acceptors (Lipinski definition) is 5. The molecule has 0 radical (unpaired) electrons. The van der Waals surface area contributed by atoms with Gasteiger partial charge in [0.15, 0.2) is 0 Å². The number of carbonyl (C=O) groups is 1. The minimum absolute atomic E-state index is 0.112. The van der Waals surface area contributed by atoms with Gasteiger partial charge in [0.25, 0.3) is 0 Å². The van der Waals surface area contributed by atoms with Gasteiger partial charge in [0.2, 0.25) is 15.9 Å². The standard InChI is InChI=1S/C19H33N5O3S/c1-4-22-15-18(13-20-22)28(26,27)23-10-6-7-16(14-23)19(25)24(5-2)17-8-11-21(3)12-9-17/h13,15-17H,4-12,14H2,1-3H3/t16-/m1/s1. The van der Waals surface area contributed by atoms with Crippen molar-refractivity contribution < 1.29 is 13.2 Å². The van der Waals surface area contributed by atoms with Crippen molar-refractivity contribution in [2.24, 2.45) is 5.92 Å². The Bertz CT molecular complexity index is 770. The highest BCUT2D eigenvalue weighted by Gasteiger charge is 2.37. The Kier molecular flexibility index (Phi) is 6.77. The van der Waals surface area contributed by atoms with Crippen LogP contribution in [0.2, 0.25) is 0 Å². The number of aryl methyl sites for hydroxylation is 1. The van der Waals surface area contributed by atoms with Crippen LogP contribution in [0.25, 0.3) is 0 Å². The van der Waals surface area contributed by atoms with Gasteiger partial charge in [-0.05, 0) is 59.7 Å². The molecule has 1 aromatic rings. The van der Waals surface area contributed by atoms with Crippen molar-refractivity contribution in [3.05, 3.63) is 12.4 Å². The molecule has 0 unspecified atom stereocenters. The minimum atomic E-state index is -3.61. The second-order valence-electron chi connectivity index (χ2n) is 7.89. The molecule has 0 bridgehead atoms. The first-order valence-electron chi connectivity index (χ1n) is 10.4. The third-order valence-electron chi connectivity index (χ3n) is 6.06. The number of carbonyl (C=O) groups excluding carboxylic acids is 1. The summed E-state index contributed by atoms with van der Waals surface area (Å²) in [5.41, 5.74) is 0. The summed E-state index contributed by atoms with van der Waals surface area (Å²) >= 11 is 0. The molecule has 1 amide bonds. The van der Waals surface area contributed by atoms with Gasteiger partial charge in [0.1, 0.15) is 4.90 Å². The van der Waals surface area contributed by atoms with Gasteiger partial charge in [0, 0.05) is 38.4 Å². The van der Waals surface area contributed by atoms with E-state index in [9.17, 15) is 13.2 Å². The number of hydrogen-bond donors (Lipinski definition) is 0. The smallest absolute Gasteiger partial charge is 0.246 e. The zero-order valence-electron chi connectivity index (χ0n) is 17.2. The third-order valence-corrected chi connectivity index (χ3v) is 7.88. The van der Waals surface area contributed by atoms with Gasteiger partial charge in [-0.1, -0.05) is 0 Å². The summed E-state index contributed by atoms with van der Waals surface area (Å²) in [6.45, 7) is 7.97. The quantitative estimate of drug-likeness (QED) is 0.704. The first-order chi connectivity index (χ1) is 13.4. The van der Waals surface area contributed by atoms with Gasteiger partial charge in [-0.2, -0.15) is 9.40 Å². The summed E-state index contributed by atoms with van der Waals surface area (Å²) in [4.78, 5) is 17.7. The fourth-order valence-corrected chi connectivity index (χ4v) is 5.78. The Hall–Kier alpha value is -1.45. The average Bonchev–Trinajstić information content (AvgIpc) is 3.20. The minimum Gasteiger partial charge on any atom is -0.340 e. The third kappa shape index (κ3) is 4.41. The summed E-state index contributed by atoms with van der Waals surface area (Å²) in [7, 11) is -1.50. The molecule has 2 aliphatic rings. The zero-order chi connectivity index (χ0) is 20.3. The van der Waals surface area contributed by atoms with Gasteiger partial charge in [-0.25, -0.2) is 8.42 Å². The molecule has 0 aliphatic carbocycles. The molecule has 1 aromatic heterocycles. The fraction of sp³-hybridized carbons (Fsp3) is 0.789. The van der Waals surface area contributed by atoms with Crippen molar-refractivity contribution in [3.8, 4) is 0 Å². The number of sulfonamides is 1. The lowest BCUT2D eigenvalue weighted by molar-refractivity contribution is -0.139. The van der Waals surface area contributed by atoms with Gasteiger partial charge in [0.05, 0.1) is 12.1 Å².